The molecule has 0 unspecified atom stereocenters. The monoisotopic (exact) mass is 317 g/mol. The Labute approximate surface area is 132 Å². The van der Waals surface area contributed by atoms with Crippen molar-refractivity contribution in [3.8, 4) is 0 Å². The summed E-state index contributed by atoms with van der Waals surface area (Å²) in [5, 5.41) is 10.7. The molecule has 0 aliphatic rings. The standard InChI is InChI=1S/C15H15N3O5/c1-16-9-12(18(21)22)8-13(16)15(20)23-10-14(19)17(2)11-6-4-3-5-7-11/h3-9H,10H2,1-2H3. The molecule has 0 saturated carbocycles. The summed E-state index contributed by atoms with van der Waals surface area (Å²) in [5.41, 5.74) is 0.460. The van der Waals surface area contributed by atoms with Crippen molar-refractivity contribution in [2.24, 2.45) is 7.05 Å². The predicted octanol–water partition coefficient (Wildman–Crippen LogP) is 1.75. The number of ether oxygens (including phenoxy) is 1. The van der Waals surface area contributed by atoms with Gasteiger partial charge in [-0.1, -0.05) is 18.2 Å². The van der Waals surface area contributed by atoms with E-state index < -0.39 is 23.4 Å². The summed E-state index contributed by atoms with van der Waals surface area (Å²) in [5.74, 6) is -1.20. The van der Waals surface area contributed by atoms with Crippen LogP contribution in [-0.2, 0) is 16.6 Å². The van der Waals surface area contributed by atoms with Gasteiger partial charge >= 0.3 is 5.97 Å². The minimum atomic E-state index is -0.796. The molecule has 0 aliphatic heterocycles. The highest BCUT2D eigenvalue weighted by Gasteiger charge is 2.20. The number of hydrogen-bond acceptors (Lipinski definition) is 5. The van der Waals surface area contributed by atoms with Gasteiger partial charge in [-0.3, -0.25) is 14.9 Å². The van der Waals surface area contributed by atoms with E-state index in [0.717, 1.165) is 6.07 Å². The Balaban J connectivity index is 1.99. The Hall–Kier alpha value is -3.16. The van der Waals surface area contributed by atoms with Gasteiger partial charge in [-0.2, -0.15) is 0 Å². The van der Waals surface area contributed by atoms with Gasteiger partial charge in [0, 0.05) is 25.8 Å². The summed E-state index contributed by atoms with van der Waals surface area (Å²) in [6.45, 7) is -0.455. The largest absolute Gasteiger partial charge is 0.451 e. The molecule has 23 heavy (non-hydrogen) atoms. The number of carbonyl (C=O) groups excluding carboxylic acids is 2. The molecule has 0 N–H and O–H groups in total. The smallest absolute Gasteiger partial charge is 0.355 e. The molecule has 0 fully saturated rings. The second-order valence-electron chi connectivity index (χ2n) is 4.82. The Morgan fingerprint density at radius 1 is 1.30 bits per heavy atom. The van der Waals surface area contributed by atoms with Gasteiger partial charge in [0.25, 0.3) is 11.6 Å². The Morgan fingerprint density at radius 2 is 1.96 bits per heavy atom. The van der Waals surface area contributed by atoms with Crippen molar-refractivity contribution in [2.45, 2.75) is 0 Å². The molecular weight excluding hydrogens is 302 g/mol. The van der Waals surface area contributed by atoms with E-state index in [-0.39, 0.29) is 11.4 Å². The molecule has 0 saturated heterocycles. The van der Waals surface area contributed by atoms with Crippen LogP contribution in [0.3, 0.4) is 0 Å². The number of anilines is 1. The molecule has 0 aliphatic carbocycles. The maximum atomic E-state index is 12.0. The summed E-state index contributed by atoms with van der Waals surface area (Å²) >= 11 is 0. The Kier molecular flexibility index (Phi) is 4.75. The summed E-state index contributed by atoms with van der Waals surface area (Å²) in [6.07, 6.45) is 1.20. The molecule has 0 bridgehead atoms. The van der Waals surface area contributed by atoms with Crippen LogP contribution < -0.4 is 4.90 Å². The van der Waals surface area contributed by atoms with Crippen molar-refractivity contribution in [1.29, 1.82) is 0 Å². The average Bonchev–Trinajstić information content (AvgIpc) is 2.94. The highest BCUT2D eigenvalue weighted by atomic mass is 16.6. The number of aryl methyl sites for hydroxylation is 1. The number of hydrogen-bond donors (Lipinski definition) is 0. The molecule has 1 aromatic carbocycles. The number of esters is 1. The van der Waals surface area contributed by atoms with Crippen LogP contribution in [0.25, 0.3) is 0 Å². The van der Waals surface area contributed by atoms with E-state index in [1.165, 1.54) is 22.7 Å². The first-order valence-electron chi connectivity index (χ1n) is 6.69. The number of carbonyl (C=O) groups is 2. The lowest BCUT2D eigenvalue weighted by Crippen LogP contribution is -2.31. The van der Waals surface area contributed by atoms with E-state index >= 15 is 0 Å². The van der Waals surface area contributed by atoms with Crippen molar-refractivity contribution in [1.82, 2.24) is 4.57 Å². The number of amides is 1. The molecule has 0 radical (unpaired) electrons. The number of rotatable bonds is 5. The van der Waals surface area contributed by atoms with Crippen LogP contribution in [0.5, 0.6) is 0 Å². The van der Waals surface area contributed by atoms with E-state index in [2.05, 4.69) is 0 Å². The summed E-state index contributed by atoms with van der Waals surface area (Å²) in [4.78, 5) is 35.4. The Bertz CT molecular complexity index is 739. The first-order chi connectivity index (χ1) is 10.9. The fraction of sp³-hybridized carbons (Fsp3) is 0.200. The lowest BCUT2D eigenvalue weighted by Gasteiger charge is -2.17. The van der Waals surface area contributed by atoms with Crippen molar-refractivity contribution in [3.63, 3.8) is 0 Å². The van der Waals surface area contributed by atoms with Gasteiger partial charge in [-0.15, -0.1) is 0 Å². The summed E-state index contributed by atoms with van der Waals surface area (Å²) < 4.78 is 6.22. The number of nitrogens with zero attached hydrogens (tertiary/aromatic N) is 3. The normalized spacial score (nSPS) is 10.2. The van der Waals surface area contributed by atoms with Gasteiger partial charge in [0.15, 0.2) is 6.61 Å². The van der Waals surface area contributed by atoms with Crippen molar-refractivity contribution in [3.05, 3.63) is 58.4 Å². The molecule has 8 nitrogen and oxygen atoms in total. The molecule has 1 heterocycles. The predicted molar refractivity (Wildman–Crippen MR) is 82.2 cm³/mol. The molecule has 0 atom stereocenters. The highest BCUT2D eigenvalue weighted by molar-refractivity contribution is 5.96. The number of para-hydroxylation sites is 1. The van der Waals surface area contributed by atoms with Gasteiger partial charge in [0.1, 0.15) is 5.69 Å². The second-order valence-corrected chi connectivity index (χ2v) is 4.82. The summed E-state index contributed by atoms with van der Waals surface area (Å²) in [7, 11) is 3.06. The first kappa shape index (κ1) is 16.2. The summed E-state index contributed by atoms with van der Waals surface area (Å²) in [6, 6.07) is 10.0. The minimum Gasteiger partial charge on any atom is -0.451 e. The van der Waals surface area contributed by atoms with E-state index in [0.29, 0.717) is 5.69 Å². The van der Waals surface area contributed by atoms with Crippen LogP contribution in [0, 0.1) is 10.1 Å². The zero-order valence-electron chi connectivity index (χ0n) is 12.6. The van der Waals surface area contributed by atoms with Crippen molar-refractivity contribution < 1.29 is 19.2 Å². The SMILES string of the molecule is CN(C(=O)COC(=O)c1cc([N+](=O)[O-])cn1C)c1ccccc1. The molecule has 1 aromatic heterocycles. The minimum absolute atomic E-state index is 0.00636. The average molecular weight is 317 g/mol. The number of likely N-dealkylation sites (N-methyl/N-ethyl adjacent to an activating group) is 1. The van der Waals surface area contributed by atoms with E-state index in [1.54, 1.807) is 31.3 Å². The molecule has 1 amide bonds. The zero-order chi connectivity index (χ0) is 17.0. The van der Waals surface area contributed by atoms with Crippen LogP contribution >= 0.6 is 0 Å². The molecule has 2 aromatic rings. The molecule has 120 valence electrons. The van der Waals surface area contributed by atoms with Crippen LogP contribution in [0.2, 0.25) is 0 Å². The maximum absolute atomic E-state index is 12.0. The number of benzene rings is 1. The fourth-order valence-corrected chi connectivity index (χ4v) is 1.94. The quantitative estimate of drug-likeness (QED) is 0.476. The lowest BCUT2D eigenvalue weighted by molar-refractivity contribution is -0.384. The van der Waals surface area contributed by atoms with Crippen LogP contribution in [-0.4, -0.2) is 35.0 Å². The van der Waals surface area contributed by atoms with E-state index in [1.807, 2.05) is 6.07 Å². The molecule has 2 rings (SSSR count). The topological polar surface area (TPSA) is 94.7 Å². The van der Waals surface area contributed by atoms with Crippen molar-refractivity contribution in [2.75, 3.05) is 18.6 Å². The van der Waals surface area contributed by atoms with Crippen molar-refractivity contribution >= 4 is 23.3 Å². The van der Waals surface area contributed by atoms with Crippen LogP contribution in [0.15, 0.2) is 42.6 Å². The van der Waals surface area contributed by atoms with Gasteiger partial charge in [-0.25, -0.2) is 4.79 Å². The number of aromatic nitrogens is 1. The molecule has 0 spiro atoms. The molecular formula is C15H15N3O5. The van der Waals surface area contributed by atoms with E-state index in [9.17, 15) is 19.7 Å². The first-order valence-corrected chi connectivity index (χ1v) is 6.69. The van der Waals surface area contributed by atoms with Crippen LogP contribution in [0.1, 0.15) is 10.5 Å². The van der Waals surface area contributed by atoms with E-state index in [4.69, 9.17) is 4.74 Å². The van der Waals surface area contributed by atoms with Gasteiger partial charge in [0.2, 0.25) is 0 Å². The van der Waals surface area contributed by atoms with Gasteiger partial charge in [0.05, 0.1) is 11.1 Å². The zero-order valence-corrected chi connectivity index (χ0v) is 12.6. The third kappa shape index (κ3) is 3.73. The maximum Gasteiger partial charge on any atom is 0.355 e. The second kappa shape index (κ2) is 6.73. The van der Waals surface area contributed by atoms with Gasteiger partial charge in [-0.05, 0) is 12.1 Å². The van der Waals surface area contributed by atoms with Gasteiger partial charge < -0.3 is 14.2 Å². The highest BCUT2D eigenvalue weighted by Crippen LogP contribution is 2.16. The third-order valence-electron chi connectivity index (χ3n) is 3.25. The Morgan fingerprint density at radius 3 is 2.52 bits per heavy atom. The number of nitro groups is 1. The van der Waals surface area contributed by atoms with Crippen LogP contribution in [0.4, 0.5) is 11.4 Å². The third-order valence-corrected chi connectivity index (χ3v) is 3.25. The lowest BCUT2D eigenvalue weighted by atomic mass is 10.3. The molecule has 8 heteroatoms. The fourth-order valence-electron chi connectivity index (χ4n) is 1.94.